The Hall–Kier alpha value is -3.31. The SMILES string of the molecule is COC(=O)CC1CCCC2CC(=O)N(OC(NC=O)C(=O)C(CC(=O)O)OCc3ccccc3)C12. The first-order chi connectivity index (χ1) is 16.8. The molecule has 1 aliphatic carbocycles. The predicted octanol–water partition coefficient (Wildman–Crippen LogP) is 1.20. The van der Waals surface area contributed by atoms with Crippen molar-refractivity contribution < 1.29 is 43.4 Å². The number of fused-ring (bicyclic) bond motifs is 1. The average Bonchev–Trinajstić information content (AvgIpc) is 3.17. The number of amides is 2. The molecule has 2 amide bonds. The maximum atomic E-state index is 13.2. The maximum absolute atomic E-state index is 13.2. The molecule has 1 aliphatic heterocycles. The van der Waals surface area contributed by atoms with Crippen molar-refractivity contribution in [2.24, 2.45) is 11.8 Å². The third kappa shape index (κ3) is 6.86. The third-order valence-corrected chi connectivity index (χ3v) is 6.39. The summed E-state index contributed by atoms with van der Waals surface area (Å²) >= 11 is 0. The van der Waals surface area contributed by atoms with E-state index in [1.807, 2.05) is 0 Å². The molecule has 1 saturated carbocycles. The lowest BCUT2D eigenvalue weighted by molar-refractivity contribution is -0.228. The number of rotatable bonds is 13. The van der Waals surface area contributed by atoms with E-state index in [1.165, 1.54) is 7.11 Å². The van der Waals surface area contributed by atoms with Crippen molar-refractivity contribution in [1.82, 2.24) is 10.4 Å². The number of methoxy groups -OCH3 is 1. The van der Waals surface area contributed by atoms with Crippen molar-refractivity contribution >= 4 is 30.0 Å². The molecule has 5 unspecified atom stereocenters. The number of carbonyl (C=O) groups is 5. The quantitative estimate of drug-likeness (QED) is 0.236. The van der Waals surface area contributed by atoms with Crippen LogP contribution >= 0.6 is 0 Å². The molecule has 1 heterocycles. The fourth-order valence-corrected chi connectivity index (χ4v) is 4.78. The van der Waals surface area contributed by atoms with Gasteiger partial charge in [-0.3, -0.25) is 24.0 Å². The van der Waals surface area contributed by atoms with Gasteiger partial charge in [0.05, 0.1) is 32.6 Å². The lowest BCUT2D eigenvalue weighted by atomic mass is 9.76. The highest BCUT2D eigenvalue weighted by Crippen LogP contribution is 2.42. The summed E-state index contributed by atoms with van der Waals surface area (Å²) in [5, 5.41) is 12.6. The fraction of sp³-hybridized carbons (Fsp3) is 0.542. The first-order valence-corrected chi connectivity index (χ1v) is 11.5. The first kappa shape index (κ1) is 26.3. The van der Waals surface area contributed by atoms with Gasteiger partial charge < -0.3 is 19.9 Å². The summed E-state index contributed by atoms with van der Waals surface area (Å²) in [7, 11) is 1.29. The Kier molecular flexibility index (Phi) is 9.32. The van der Waals surface area contributed by atoms with E-state index in [0.29, 0.717) is 6.42 Å². The summed E-state index contributed by atoms with van der Waals surface area (Å²) in [5.74, 6) is -3.20. The highest BCUT2D eigenvalue weighted by atomic mass is 16.7. The third-order valence-electron chi connectivity index (χ3n) is 6.39. The maximum Gasteiger partial charge on any atom is 0.306 e. The summed E-state index contributed by atoms with van der Waals surface area (Å²) in [6.07, 6.45) is -0.945. The summed E-state index contributed by atoms with van der Waals surface area (Å²) < 4.78 is 10.4. The molecular formula is C24H30N2O9. The molecule has 5 atom stereocenters. The van der Waals surface area contributed by atoms with Crippen LogP contribution in [0.5, 0.6) is 0 Å². The number of hydrogen-bond acceptors (Lipinski definition) is 8. The van der Waals surface area contributed by atoms with Gasteiger partial charge >= 0.3 is 11.9 Å². The molecule has 0 spiro atoms. The van der Waals surface area contributed by atoms with Crippen LogP contribution in [0.15, 0.2) is 30.3 Å². The first-order valence-electron chi connectivity index (χ1n) is 11.5. The zero-order chi connectivity index (χ0) is 25.4. The minimum atomic E-state index is -1.64. The van der Waals surface area contributed by atoms with Gasteiger partial charge in [0.15, 0.2) is 0 Å². The zero-order valence-corrected chi connectivity index (χ0v) is 19.5. The van der Waals surface area contributed by atoms with Crippen molar-refractivity contribution in [3.8, 4) is 0 Å². The molecule has 1 saturated heterocycles. The number of benzene rings is 1. The van der Waals surface area contributed by atoms with E-state index in [2.05, 4.69) is 5.32 Å². The number of carboxylic acid groups (broad SMARTS) is 1. The number of carboxylic acids is 1. The second-order valence-electron chi connectivity index (χ2n) is 8.70. The largest absolute Gasteiger partial charge is 0.481 e. The van der Waals surface area contributed by atoms with Crippen LogP contribution < -0.4 is 5.32 Å². The number of ether oxygens (including phenoxy) is 2. The Bertz CT molecular complexity index is 923. The Morgan fingerprint density at radius 1 is 1.23 bits per heavy atom. The summed E-state index contributed by atoms with van der Waals surface area (Å²) in [4.78, 5) is 66.3. The number of esters is 1. The van der Waals surface area contributed by atoms with Gasteiger partial charge in [0.1, 0.15) is 6.10 Å². The van der Waals surface area contributed by atoms with Crippen LogP contribution in [0.1, 0.15) is 44.1 Å². The monoisotopic (exact) mass is 490 g/mol. The summed E-state index contributed by atoms with van der Waals surface area (Å²) in [6, 6.07) is 8.40. The van der Waals surface area contributed by atoms with Crippen LogP contribution in [0.4, 0.5) is 0 Å². The number of aliphatic carboxylic acids is 1. The number of hydrogen-bond donors (Lipinski definition) is 2. The summed E-state index contributed by atoms with van der Waals surface area (Å²) in [5.41, 5.74) is 0.724. The van der Waals surface area contributed by atoms with E-state index in [0.717, 1.165) is 23.5 Å². The lowest BCUT2D eigenvalue weighted by Crippen LogP contribution is -2.52. The van der Waals surface area contributed by atoms with E-state index in [1.54, 1.807) is 30.3 Å². The minimum Gasteiger partial charge on any atom is -0.481 e. The lowest BCUT2D eigenvalue weighted by Gasteiger charge is -2.38. The molecular weight excluding hydrogens is 460 g/mol. The molecule has 1 aromatic carbocycles. The van der Waals surface area contributed by atoms with Crippen molar-refractivity contribution in [2.75, 3.05) is 7.11 Å². The molecule has 11 nitrogen and oxygen atoms in total. The van der Waals surface area contributed by atoms with E-state index >= 15 is 0 Å². The van der Waals surface area contributed by atoms with Gasteiger partial charge in [-0.05, 0) is 30.2 Å². The molecule has 1 aromatic rings. The van der Waals surface area contributed by atoms with Crippen molar-refractivity contribution in [3.63, 3.8) is 0 Å². The Balaban J connectivity index is 1.77. The van der Waals surface area contributed by atoms with Gasteiger partial charge in [-0.2, -0.15) is 0 Å². The second-order valence-corrected chi connectivity index (χ2v) is 8.70. The minimum absolute atomic E-state index is 0.0348. The Labute approximate surface area is 202 Å². The molecule has 190 valence electrons. The van der Waals surface area contributed by atoms with Crippen LogP contribution in [0.3, 0.4) is 0 Å². The molecule has 0 radical (unpaired) electrons. The molecule has 35 heavy (non-hydrogen) atoms. The average molecular weight is 491 g/mol. The van der Waals surface area contributed by atoms with E-state index in [4.69, 9.17) is 14.3 Å². The molecule has 3 rings (SSSR count). The van der Waals surface area contributed by atoms with Crippen molar-refractivity contribution in [2.45, 2.75) is 63.5 Å². The van der Waals surface area contributed by atoms with Gasteiger partial charge in [-0.1, -0.05) is 36.8 Å². The number of ketones is 1. The van der Waals surface area contributed by atoms with Crippen LogP contribution in [0.2, 0.25) is 0 Å². The van der Waals surface area contributed by atoms with Crippen molar-refractivity contribution in [1.29, 1.82) is 0 Å². The topological polar surface area (TPSA) is 149 Å². The zero-order valence-electron chi connectivity index (χ0n) is 19.5. The molecule has 11 heteroatoms. The standard InChI is InChI=1S/C24H30N2O9/c1-33-21(31)11-17-9-5-8-16-10-19(28)26(22(16)17)35-24(25-14-27)23(32)18(12-20(29)30)34-13-15-6-3-2-4-7-15/h2-4,6-7,14,16-18,22,24H,5,8-13H2,1H3,(H,25,27)(H,29,30). The molecule has 2 N–H and O–H groups in total. The van der Waals surface area contributed by atoms with Crippen LogP contribution in [0.25, 0.3) is 0 Å². The summed E-state index contributed by atoms with van der Waals surface area (Å²) in [6.45, 7) is -0.0348. The normalized spacial score (nSPS) is 23.2. The Morgan fingerprint density at radius 2 is 1.97 bits per heavy atom. The van der Waals surface area contributed by atoms with Gasteiger partial charge in [0.2, 0.25) is 24.3 Å². The number of hydroxylamine groups is 2. The molecule has 0 bridgehead atoms. The van der Waals surface area contributed by atoms with Crippen LogP contribution in [-0.2, 0) is 44.9 Å². The van der Waals surface area contributed by atoms with Gasteiger partial charge in [-0.25, -0.2) is 9.90 Å². The van der Waals surface area contributed by atoms with E-state index in [9.17, 15) is 29.1 Å². The van der Waals surface area contributed by atoms with Crippen LogP contribution in [-0.4, -0.2) is 65.7 Å². The Morgan fingerprint density at radius 3 is 2.63 bits per heavy atom. The highest BCUT2D eigenvalue weighted by molar-refractivity contribution is 5.91. The van der Waals surface area contributed by atoms with Gasteiger partial charge in [0.25, 0.3) is 0 Å². The number of carbonyl (C=O) groups excluding carboxylic acids is 4. The number of nitrogens with one attached hydrogen (secondary N) is 1. The van der Waals surface area contributed by atoms with Crippen molar-refractivity contribution in [3.05, 3.63) is 35.9 Å². The highest BCUT2D eigenvalue weighted by Gasteiger charge is 2.49. The second kappa shape index (κ2) is 12.4. The number of Topliss-reactive ketones (excluding diaryl/α,β-unsaturated/α-hetero) is 1. The smallest absolute Gasteiger partial charge is 0.306 e. The number of nitrogens with zero attached hydrogens (tertiary/aromatic N) is 1. The molecule has 2 aliphatic rings. The molecule has 2 fully saturated rings. The predicted molar refractivity (Wildman–Crippen MR) is 119 cm³/mol. The van der Waals surface area contributed by atoms with Crippen LogP contribution in [0, 0.1) is 11.8 Å². The van der Waals surface area contributed by atoms with Gasteiger partial charge in [0, 0.05) is 6.42 Å². The van der Waals surface area contributed by atoms with Gasteiger partial charge in [-0.15, -0.1) is 0 Å². The van der Waals surface area contributed by atoms with E-state index < -0.39 is 42.5 Å². The fourth-order valence-electron chi connectivity index (χ4n) is 4.78. The van der Waals surface area contributed by atoms with E-state index in [-0.39, 0.29) is 43.6 Å². The molecule has 0 aromatic heterocycles.